The van der Waals surface area contributed by atoms with Crippen LogP contribution in [0.3, 0.4) is 0 Å². The molecule has 2 aromatic carbocycles. The number of rotatable bonds is 11. The molecular weight excluding hydrogens is 472 g/mol. The van der Waals surface area contributed by atoms with Crippen LogP contribution >= 0.6 is 12.4 Å². The molecular formula is C25H37ClN4O3S. The topological polar surface area (TPSA) is 101 Å². The molecule has 3 N–H and O–H groups in total. The molecule has 1 aromatic heterocycles. The highest BCUT2D eigenvalue weighted by Crippen LogP contribution is 2.23. The predicted molar refractivity (Wildman–Crippen MR) is 140 cm³/mol. The van der Waals surface area contributed by atoms with Gasteiger partial charge in [-0.2, -0.15) is 4.31 Å². The molecule has 0 saturated carbocycles. The van der Waals surface area contributed by atoms with E-state index in [2.05, 4.69) is 18.8 Å². The third kappa shape index (κ3) is 7.02. The van der Waals surface area contributed by atoms with Crippen molar-refractivity contribution in [3.05, 3.63) is 60.4 Å². The normalized spacial score (nSPS) is 14.0. The first-order chi connectivity index (χ1) is 15.6. The summed E-state index contributed by atoms with van der Waals surface area (Å²) in [6.45, 7) is 9.12. The van der Waals surface area contributed by atoms with Crippen molar-refractivity contribution in [2.75, 3.05) is 13.1 Å². The van der Waals surface area contributed by atoms with Crippen LogP contribution in [0.1, 0.15) is 33.3 Å². The third-order valence-corrected chi connectivity index (χ3v) is 7.39. The van der Waals surface area contributed by atoms with Crippen LogP contribution in [0.15, 0.2) is 59.8 Å². The van der Waals surface area contributed by atoms with Crippen molar-refractivity contribution in [1.29, 1.82) is 0 Å². The van der Waals surface area contributed by atoms with Gasteiger partial charge in [0.2, 0.25) is 10.0 Å². The number of nitrogens with zero attached hydrogens (tertiary/aromatic N) is 3. The summed E-state index contributed by atoms with van der Waals surface area (Å²) < 4.78 is 30.6. The van der Waals surface area contributed by atoms with E-state index in [-0.39, 0.29) is 29.8 Å². The lowest BCUT2D eigenvalue weighted by Gasteiger charge is -2.28. The molecule has 3 aromatic rings. The number of benzene rings is 2. The smallest absolute Gasteiger partial charge is 0.243 e. The van der Waals surface area contributed by atoms with Gasteiger partial charge in [0.05, 0.1) is 28.4 Å². The maximum atomic E-state index is 13.6. The van der Waals surface area contributed by atoms with Crippen molar-refractivity contribution in [3.63, 3.8) is 0 Å². The molecule has 9 heteroatoms. The van der Waals surface area contributed by atoms with Crippen molar-refractivity contribution >= 4 is 33.5 Å². The Hall–Kier alpha value is -1.97. The fourth-order valence-electron chi connectivity index (χ4n) is 3.93. The Kier molecular flexibility index (Phi) is 10.1. The van der Waals surface area contributed by atoms with Gasteiger partial charge in [0.15, 0.2) is 0 Å². The van der Waals surface area contributed by atoms with Gasteiger partial charge in [-0.15, -0.1) is 12.4 Å². The lowest BCUT2D eigenvalue weighted by Crippen LogP contribution is -2.47. The van der Waals surface area contributed by atoms with E-state index in [0.717, 1.165) is 23.1 Å². The summed E-state index contributed by atoms with van der Waals surface area (Å²) in [5, 5.41) is 10.8. The molecule has 0 radical (unpaired) electrons. The Morgan fingerprint density at radius 2 is 1.71 bits per heavy atom. The van der Waals surface area contributed by atoms with Gasteiger partial charge < -0.3 is 15.4 Å². The Morgan fingerprint density at radius 3 is 2.32 bits per heavy atom. The summed E-state index contributed by atoms with van der Waals surface area (Å²) in [7, 11) is -3.84. The second-order valence-electron chi connectivity index (χ2n) is 9.58. The monoisotopic (exact) mass is 508 g/mol. The minimum Gasteiger partial charge on any atom is -0.390 e. The van der Waals surface area contributed by atoms with Crippen LogP contribution in [0.5, 0.6) is 0 Å². The van der Waals surface area contributed by atoms with Gasteiger partial charge in [0.25, 0.3) is 0 Å². The van der Waals surface area contributed by atoms with Crippen molar-refractivity contribution < 1.29 is 13.5 Å². The summed E-state index contributed by atoms with van der Waals surface area (Å²) in [4.78, 5) is 4.60. The van der Waals surface area contributed by atoms with Gasteiger partial charge in [-0.1, -0.05) is 58.0 Å². The van der Waals surface area contributed by atoms with Gasteiger partial charge in [-0.05, 0) is 42.0 Å². The first-order valence-corrected chi connectivity index (χ1v) is 12.9. The molecule has 1 heterocycles. The second-order valence-corrected chi connectivity index (χ2v) is 11.5. The maximum absolute atomic E-state index is 13.6. The van der Waals surface area contributed by atoms with E-state index in [9.17, 15) is 13.5 Å². The Bertz CT molecular complexity index is 1150. The van der Waals surface area contributed by atoms with E-state index in [1.54, 1.807) is 24.5 Å². The molecule has 0 unspecified atom stereocenters. The number of aliphatic hydroxyl groups is 1. The van der Waals surface area contributed by atoms with Crippen LogP contribution in [-0.4, -0.2) is 52.6 Å². The minimum atomic E-state index is -3.84. The Balaban J connectivity index is 0.00000408. The molecule has 0 aliphatic rings. The van der Waals surface area contributed by atoms with E-state index in [1.807, 2.05) is 48.7 Å². The molecule has 0 bridgehead atoms. The van der Waals surface area contributed by atoms with Crippen molar-refractivity contribution in [2.45, 2.75) is 57.7 Å². The summed E-state index contributed by atoms with van der Waals surface area (Å²) >= 11 is 0. The van der Waals surface area contributed by atoms with Gasteiger partial charge in [-0.3, -0.25) is 0 Å². The quantitative estimate of drug-likeness (QED) is 0.411. The van der Waals surface area contributed by atoms with E-state index < -0.39 is 22.2 Å². The van der Waals surface area contributed by atoms with Crippen LogP contribution in [0, 0.1) is 11.8 Å². The van der Waals surface area contributed by atoms with Gasteiger partial charge in [0.1, 0.15) is 0 Å². The Morgan fingerprint density at radius 1 is 1.03 bits per heavy atom. The summed E-state index contributed by atoms with van der Waals surface area (Å²) in [5.74, 6) is 0.494. The molecule has 34 heavy (non-hydrogen) atoms. The number of hydrogen-bond acceptors (Lipinski definition) is 5. The number of halogens is 1. The number of imidazole rings is 1. The van der Waals surface area contributed by atoms with E-state index in [1.165, 1.54) is 4.31 Å². The SMILES string of the molecule is CC(C)CN(C[C@@H](O)[C@@H](N)Cc1ccccc1)S(=O)(=O)c1ccc2ncn(CC(C)C)c2c1.Cl. The lowest BCUT2D eigenvalue weighted by atomic mass is 10.0. The number of fused-ring (bicyclic) bond motifs is 1. The summed E-state index contributed by atoms with van der Waals surface area (Å²) in [6.07, 6.45) is 1.23. The standard InChI is InChI=1S/C25H36N4O3S.ClH/c1-18(2)14-28-17-27-23-11-10-21(13-24(23)28)33(31,32)29(15-19(3)4)16-25(30)22(26)12-20-8-6-5-7-9-20;/h5-11,13,17-19,22,25,30H,12,14-16,26H2,1-4H3;1H/t22-,25+;/m0./s1. The highest BCUT2D eigenvalue weighted by atomic mass is 35.5. The number of hydrogen-bond donors (Lipinski definition) is 2. The zero-order valence-corrected chi connectivity index (χ0v) is 22.0. The fourth-order valence-corrected chi connectivity index (χ4v) is 5.57. The Labute approximate surface area is 209 Å². The lowest BCUT2D eigenvalue weighted by molar-refractivity contribution is 0.116. The molecule has 0 spiro atoms. The molecule has 3 rings (SSSR count). The highest BCUT2D eigenvalue weighted by Gasteiger charge is 2.30. The van der Waals surface area contributed by atoms with Crippen LogP contribution in [0.2, 0.25) is 0 Å². The molecule has 0 aliphatic heterocycles. The third-order valence-electron chi connectivity index (χ3n) is 5.56. The summed E-state index contributed by atoms with van der Waals surface area (Å²) in [6, 6.07) is 14.1. The molecule has 0 saturated heterocycles. The predicted octanol–water partition coefficient (Wildman–Crippen LogP) is 3.69. The summed E-state index contributed by atoms with van der Waals surface area (Å²) in [5.41, 5.74) is 8.81. The van der Waals surface area contributed by atoms with Crippen LogP contribution in [0.25, 0.3) is 11.0 Å². The van der Waals surface area contributed by atoms with Gasteiger partial charge in [-0.25, -0.2) is 13.4 Å². The highest BCUT2D eigenvalue weighted by molar-refractivity contribution is 7.89. The van der Waals surface area contributed by atoms with Gasteiger partial charge in [0, 0.05) is 25.7 Å². The zero-order chi connectivity index (χ0) is 24.2. The van der Waals surface area contributed by atoms with Crippen LogP contribution in [0.4, 0.5) is 0 Å². The van der Waals surface area contributed by atoms with Crippen LogP contribution < -0.4 is 5.73 Å². The number of nitrogens with two attached hydrogens (primary N) is 1. The van der Waals surface area contributed by atoms with E-state index in [4.69, 9.17) is 5.73 Å². The second kappa shape index (κ2) is 12.1. The molecule has 2 atom stereocenters. The van der Waals surface area contributed by atoms with Gasteiger partial charge >= 0.3 is 0 Å². The largest absolute Gasteiger partial charge is 0.390 e. The number of sulfonamides is 1. The fraction of sp³-hybridized carbons (Fsp3) is 0.480. The van der Waals surface area contributed by atoms with Crippen LogP contribution in [-0.2, 0) is 23.0 Å². The minimum absolute atomic E-state index is 0. The molecule has 188 valence electrons. The zero-order valence-electron chi connectivity index (χ0n) is 20.3. The maximum Gasteiger partial charge on any atom is 0.243 e. The first kappa shape index (κ1) is 28.3. The molecule has 0 amide bonds. The number of aliphatic hydroxyl groups excluding tert-OH is 1. The van der Waals surface area contributed by atoms with Crippen molar-refractivity contribution in [1.82, 2.24) is 13.9 Å². The first-order valence-electron chi connectivity index (χ1n) is 11.5. The average molecular weight is 509 g/mol. The van der Waals surface area contributed by atoms with E-state index in [0.29, 0.717) is 18.9 Å². The van der Waals surface area contributed by atoms with Crippen molar-refractivity contribution in [3.8, 4) is 0 Å². The average Bonchev–Trinajstić information content (AvgIpc) is 3.15. The van der Waals surface area contributed by atoms with E-state index >= 15 is 0 Å². The molecule has 7 nitrogen and oxygen atoms in total. The molecule has 0 fully saturated rings. The van der Waals surface area contributed by atoms with Crippen molar-refractivity contribution in [2.24, 2.45) is 17.6 Å². The number of aromatic nitrogens is 2. The molecule has 0 aliphatic carbocycles.